The van der Waals surface area contributed by atoms with E-state index < -0.39 is 0 Å². The second-order valence-electron chi connectivity index (χ2n) is 5.13. The molecule has 0 fully saturated rings. The molecule has 0 aliphatic carbocycles. The van der Waals surface area contributed by atoms with Crippen molar-refractivity contribution in [3.63, 3.8) is 0 Å². The van der Waals surface area contributed by atoms with Gasteiger partial charge in [0.05, 0.1) is 23.3 Å². The molecule has 0 saturated heterocycles. The minimum absolute atomic E-state index is 0.0855. The van der Waals surface area contributed by atoms with Crippen LogP contribution in [-0.4, -0.2) is 16.5 Å². The van der Waals surface area contributed by atoms with E-state index in [1.165, 1.54) is 5.56 Å². The molecule has 0 bridgehead atoms. The molecule has 4 rings (SSSR count). The molecule has 0 amide bonds. The molecular formula is C16H15N3O. The van der Waals surface area contributed by atoms with Crippen molar-refractivity contribution in [1.82, 2.24) is 9.97 Å². The minimum atomic E-state index is -0.0855. The fourth-order valence-corrected chi connectivity index (χ4v) is 2.56. The van der Waals surface area contributed by atoms with Crippen LogP contribution in [0.25, 0.3) is 11.0 Å². The Balaban J connectivity index is 1.70. The van der Waals surface area contributed by atoms with Crippen LogP contribution in [0.4, 0.5) is 5.69 Å². The molecule has 2 aromatic carbocycles. The Morgan fingerprint density at radius 3 is 3.05 bits per heavy atom. The van der Waals surface area contributed by atoms with Crippen molar-refractivity contribution in [3.05, 3.63) is 53.9 Å². The maximum absolute atomic E-state index is 6.02. The highest BCUT2D eigenvalue weighted by molar-refractivity contribution is 5.76. The van der Waals surface area contributed by atoms with E-state index >= 15 is 0 Å². The van der Waals surface area contributed by atoms with Gasteiger partial charge in [0.2, 0.25) is 0 Å². The van der Waals surface area contributed by atoms with Gasteiger partial charge in [0.15, 0.2) is 6.10 Å². The number of imidazole rings is 1. The van der Waals surface area contributed by atoms with Crippen molar-refractivity contribution in [2.45, 2.75) is 13.0 Å². The second-order valence-corrected chi connectivity index (χ2v) is 5.13. The summed E-state index contributed by atoms with van der Waals surface area (Å²) < 4.78 is 6.02. The van der Waals surface area contributed by atoms with Crippen molar-refractivity contribution in [3.8, 4) is 5.75 Å². The number of ether oxygens (including phenoxy) is 1. The zero-order valence-electron chi connectivity index (χ0n) is 11.2. The van der Waals surface area contributed by atoms with Gasteiger partial charge in [-0.3, -0.25) is 0 Å². The molecule has 1 unspecified atom stereocenters. The molecule has 1 aliphatic heterocycles. The van der Waals surface area contributed by atoms with Crippen molar-refractivity contribution in [1.29, 1.82) is 0 Å². The first-order valence-corrected chi connectivity index (χ1v) is 6.75. The molecule has 0 spiro atoms. The maximum Gasteiger partial charge on any atom is 0.173 e. The highest BCUT2D eigenvalue weighted by atomic mass is 16.5. The van der Waals surface area contributed by atoms with Crippen molar-refractivity contribution >= 4 is 16.7 Å². The highest BCUT2D eigenvalue weighted by Gasteiger charge is 2.23. The third-order valence-corrected chi connectivity index (χ3v) is 3.59. The number of hydrogen-bond acceptors (Lipinski definition) is 3. The third kappa shape index (κ3) is 1.81. The number of benzene rings is 2. The Kier molecular flexibility index (Phi) is 2.42. The molecular weight excluding hydrogens is 250 g/mol. The van der Waals surface area contributed by atoms with Gasteiger partial charge in [-0.2, -0.15) is 0 Å². The zero-order valence-corrected chi connectivity index (χ0v) is 11.2. The van der Waals surface area contributed by atoms with E-state index in [4.69, 9.17) is 4.74 Å². The number of fused-ring (bicyclic) bond motifs is 2. The summed E-state index contributed by atoms with van der Waals surface area (Å²) >= 11 is 0. The van der Waals surface area contributed by atoms with E-state index in [0.29, 0.717) is 0 Å². The summed E-state index contributed by atoms with van der Waals surface area (Å²) in [5.74, 6) is 1.74. The topological polar surface area (TPSA) is 49.9 Å². The van der Waals surface area contributed by atoms with E-state index in [1.54, 1.807) is 0 Å². The maximum atomic E-state index is 6.02. The molecule has 3 aromatic rings. The summed E-state index contributed by atoms with van der Waals surface area (Å²) in [6.07, 6.45) is -0.0855. The number of aromatic amines is 1. The van der Waals surface area contributed by atoms with Crippen LogP contribution < -0.4 is 10.1 Å². The van der Waals surface area contributed by atoms with Crippen molar-refractivity contribution in [2.75, 3.05) is 11.9 Å². The van der Waals surface area contributed by atoms with Crippen molar-refractivity contribution in [2.24, 2.45) is 0 Å². The standard InChI is InChI=1S/C16H15N3O/c1-10-6-7-11-13(8-10)19-16(18-11)15-9-17-12-4-2-3-5-14(12)20-15/h2-8,15,17H,9H2,1H3,(H,18,19). The molecule has 4 nitrogen and oxygen atoms in total. The van der Waals surface area contributed by atoms with Gasteiger partial charge in [-0.1, -0.05) is 18.2 Å². The Labute approximate surface area is 116 Å². The van der Waals surface area contributed by atoms with Gasteiger partial charge in [-0.25, -0.2) is 4.98 Å². The molecule has 4 heteroatoms. The van der Waals surface area contributed by atoms with Crippen LogP contribution in [-0.2, 0) is 0 Å². The van der Waals surface area contributed by atoms with Crippen LogP contribution in [0.1, 0.15) is 17.5 Å². The monoisotopic (exact) mass is 265 g/mol. The first kappa shape index (κ1) is 11.3. The molecule has 1 aliphatic rings. The molecule has 1 aromatic heterocycles. The van der Waals surface area contributed by atoms with E-state index in [-0.39, 0.29) is 6.10 Å². The normalized spacial score (nSPS) is 17.4. The molecule has 2 heterocycles. The molecule has 0 radical (unpaired) electrons. The van der Waals surface area contributed by atoms with E-state index in [0.717, 1.165) is 34.8 Å². The number of aryl methyl sites for hydroxylation is 1. The van der Waals surface area contributed by atoms with Gasteiger partial charge < -0.3 is 15.0 Å². The smallest absolute Gasteiger partial charge is 0.173 e. The van der Waals surface area contributed by atoms with Crippen LogP contribution in [0.2, 0.25) is 0 Å². The number of aromatic nitrogens is 2. The number of H-pyrrole nitrogens is 1. The predicted octanol–water partition coefficient (Wildman–Crippen LogP) is 3.42. The summed E-state index contributed by atoms with van der Waals surface area (Å²) in [5.41, 5.74) is 4.30. The fourth-order valence-electron chi connectivity index (χ4n) is 2.56. The minimum Gasteiger partial charge on any atom is -0.478 e. The van der Waals surface area contributed by atoms with E-state index in [1.807, 2.05) is 30.3 Å². The van der Waals surface area contributed by atoms with E-state index in [9.17, 15) is 0 Å². The van der Waals surface area contributed by atoms with Crippen LogP contribution >= 0.6 is 0 Å². The Hall–Kier alpha value is -2.49. The summed E-state index contributed by atoms with van der Waals surface area (Å²) in [6, 6.07) is 14.2. The first-order valence-electron chi connectivity index (χ1n) is 6.75. The Morgan fingerprint density at radius 2 is 2.10 bits per heavy atom. The van der Waals surface area contributed by atoms with Crippen LogP contribution in [0.3, 0.4) is 0 Å². The van der Waals surface area contributed by atoms with Gasteiger partial charge in [-0.15, -0.1) is 0 Å². The van der Waals surface area contributed by atoms with Gasteiger partial charge in [0.25, 0.3) is 0 Å². The van der Waals surface area contributed by atoms with Gasteiger partial charge in [0.1, 0.15) is 11.6 Å². The van der Waals surface area contributed by atoms with Crippen molar-refractivity contribution < 1.29 is 4.74 Å². The summed E-state index contributed by atoms with van der Waals surface area (Å²) in [4.78, 5) is 7.99. The lowest BCUT2D eigenvalue weighted by atomic mass is 10.2. The number of hydrogen-bond donors (Lipinski definition) is 2. The summed E-state index contributed by atoms with van der Waals surface area (Å²) in [7, 11) is 0. The largest absolute Gasteiger partial charge is 0.478 e. The Bertz CT molecular complexity index is 778. The third-order valence-electron chi connectivity index (χ3n) is 3.59. The fraction of sp³-hybridized carbons (Fsp3) is 0.188. The average Bonchev–Trinajstić information content (AvgIpc) is 2.89. The second kappa shape index (κ2) is 4.27. The lowest BCUT2D eigenvalue weighted by Gasteiger charge is -2.25. The number of para-hydroxylation sites is 2. The predicted molar refractivity (Wildman–Crippen MR) is 79.1 cm³/mol. The number of nitrogens with zero attached hydrogens (tertiary/aromatic N) is 1. The molecule has 1 atom stereocenters. The molecule has 100 valence electrons. The van der Waals surface area contributed by atoms with Gasteiger partial charge in [0, 0.05) is 0 Å². The average molecular weight is 265 g/mol. The molecule has 0 saturated carbocycles. The number of anilines is 1. The lowest BCUT2D eigenvalue weighted by molar-refractivity contribution is 0.202. The number of rotatable bonds is 1. The number of nitrogens with one attached hydrogen (secondary N) is 2. The highest BCUT2D eigenvalue weighted by Crippen LogP contribution is 2.33. The lowest BCUT2D eigenvalue weighted by Crippen LogP contribution is -2.24. The van der Waals surface area contributed by atoms with Gasteiger partial charge in [-0.05, 0) is 36.8 Å². The van der Waals surface area contributed by atoms with E-state index in [2.05, 4.69) is 34.3 Å². The van der Waals surface area contributed by atoms with Crippen LogP contribution in [0.15, 0.2) is 42.5 Å². The zero-order chi connectivity index (χ0) is 13.5. The Morgan fingerprint density at radius 1 is 1.20 bits per heavy atom. The first-order chi connectivity index (χ1) is 9.79. The quantitative estimate of drug-likeness (QED) is 0.709. The molecule has 20 heavy (non-hydrogen) atoms. The SMILES string of the molecule is Cc1ccc2nc(C3CNc4ccccc4O3)[nH]c2c1. The van der Waals surface area contributed by atoms with Crippen LogP contribution in [0.5, 0.6) is 5.75 Å². The summed E-state index contributed by atoms with van der Waals surface area (Å²) in [6.45, 7) is 2.80. The molecule has 2 N–H and O–H groups in total. The van der Waals surface area contributed by atoms with Gasteiger partial charge >= 0.3 is 0 Å². The summed E-state index contributed by atoms with van der Waals surface area (Å²) in [5, 5.41) is 3.38. The van der Waals surface area contributed by atoms with Crippen LogP contribution in [0, 0.1) is 6.92 Å².